The summed E-state index contributed by atoms with van der Waals surface area (Å²) in [6.45, 7) is 2.91. The number of fused-ring (bicyclic) bond motifs is 1. The second-order valence-corrected chi connectivity index (χ2v) is 8.59. The zero-order chi connectivity index (χ0) is 22.9. The van der Waals surface area contributed by atoms with Gasteiger partial charge in [-0.05, 0) is 55.1 Å². The third-order valence-electron chi connectivity index (χ3n) is 6.48. The quantitative estimate of drug-likeness (QED) is 0.406. The smallest absolute Gasteiger partial charge is 0.320 e. The van der Waals surface area contributed by atoms with Crippen molar-refractivity contribution in [3.05, 3.63) is 77.6 Å². The van der Waals surface area contributed by atoms with Crippen LogP contribution in [0.2, 0.25) is 0 Å². The number of aliphatic carboxylic acids is 1. The summed E-state index contributed by atoms with van der Waals surface area (Å²) in [6.07, 6.45) is 2.38. The molecule has 1 atom stereocenters. The fraction of sp³-hybridized carbons (Fsp3) is 0.259. The van der Waals surface area contributed by atoms with Gasteiger partial charge in [0.2, 0.25) is 5.89 Å². The average molecular weight is 445 g/mol. The molecule has 3 aromatic carbocycles. The SMILES string of the molecule is Cc1c(-c2ccccc2)cccc1-c1nc2cc(CN3CCCCC3C(=O)O)c(F)cc2o1. The van der Waals surface area contributed by atoms with Crippen LogP contribution in [0.4, 0.5) is 4.39 Å². The van der Waals surface area contributed by atoms with Gasteiger partial charge in [0.05, 0.1) is 0 Å². The highest BCUT2D eigenvalue weighted by atomic mass is 19.1. The summed E-state index contributed by atoms with van der Waals surface area (Å²) in [5, 5.41) is 9.53. The molecule has 0 saturated carbocycles. The maximum Gasteiger partial charge on any atom is 0.320 e. The summed E-state index contributed by atoms with van der Waals surface area (Å²) < 4.78 is 20.9. The number of likely N-dealkylation sites (tertiary alicyclic amines) is 1. The molecular weight excluding hydrogens is 419 g/mol. The lowest BCUT2D eigenvalue weighted by Gasteiger charge is -2.32. The van der Waals surface area contributed by atoms with Crippen molar-refractivity contribution in [2.24, 2.45) is 0 Å². The third-order valence-corrected chi connectivity index (χ3v) is 6.48. The molecule has 33 heavy (non-hydrogen) atoms. The molecule has 5 rings (SSSR count). The van der Waals surface area contributed by atoms with E-state index in [9.17, 15) is 14.3 Å². The first kappa shape index (κ1) is 21.3. The number of carboxylic acids is 1. The summed E-state index contributed by atoms with van der Waals surface area (Å²) in [5.41, 5.74) is 5.47. The fourth-order valence-electron chi connectivity index (χ4n) is 4.71. The van der Waals surface area contributed by atoms with Gasteiger partial charge in [0, 0.05) is 23.7 Å². The maximum absolute atomic E-state index is 14.9. The summed E-state index contributed by atoms with van der Waals surface area (Å²) >= 11 is 0. The topological polar surface area (TPSA) is 66.6 Å². The third kappa shape index (κ3) is 4.14. The Morgan fingerprint density at radius 1 is 1.12 bits per heavy atom. The van der Waals surface area contributed by atoms with Crippen LogP contribution in [-0.4, -0.2) is 33.5 Å². The Bertz CT molecular complexity index is 1320. The first-order valence-corrected chi connectivity index (χ1v) is 11.2. The van der Waals surface area contributed by atoms with Crippen LogP contribution in [0.15, 0.2) is 65.1 Å². The van der Waals surface area contributed by atoms with Gasteiger partial charge in [-0.25, -0.2) is 9.37 Å². The molecule has 1 aliphatic heterocycles. The molecule has 0 amide bonds. The molecule has 5 nitrogen and oxygen atoms in total. The van der Waals surface area contributed by atoms with E-state index < -0.39 is 17.8 Å². The highest BCUT2D eigenvalue weighted by Gasteiger charge is 2.29. The van der Waals surface area contributed by atoms with Crippen molar-refractivity contribution in [3.63, 3.8) is 0 Å². The molecule has 1 aliphatic rings. The molecule has 1 aromatic heterocycles. The normalized spacial score (nSPS) is 16.8. The minimum Gasteiger partial charge on any atom is -0.480 e. The van der Waals surface area contributed by atoms with Crippen LogP contribution < -0.4 is 0 Å². The fourth-order valence-corrected chi connectivity index (χ4v) is 4.71. The molecule has 6 heteroatoms. The zero-order valence-corrected chi connectivity index (χ0v) is 18.4. The molecule has 1 N–H and O–H groups in total. The van der Waals surface area contributed by atoms with Gasteiger partial charge in [0.1, 0.15) is 17.4 Å². The van der Waals surface area contributed by atoms with E-state index in [-0.39, 0.29) is 6.54 Å². The van der Waals surface area contributed by atoms with E-state index in [4.69, 9.17) is 4.42 Å². The van der Waals surface area contributed by atoms with Crippen LogP contribution >= 0.6 is 0 Å². The van der Waals surface area contributed by atoms with Crippen molar-refractivity contribution in [2.75, 3.05) is 6.54 Å². The number of rotatable bonds is 5. The van der Waals surface area contributed by atoms with E-state index in [1.807, 2.05) is 42.2 Å². The molecule has 4 aromatic rings. The standard InChI is InChI=1S/C27H25FN2O3/c1-17-20(18-8-3-2-4-9-18)10-7-11-21(17)26-29-23-14-19(22(28)15-25(23)33-26)16-30-13-6-5-12-24(30)27(31)32/h2-4,7-11,14-15,24H,5-6,12-13,16H2,1H3,(H,31,32). The number of benzene rings is 3. The van der Waals surface area contributed by atoms with Gasteiger partial charge in [0.15, 0.2) is 5.58 Å². The number of oxazole rings is 1. The van der Waals surface area contributed by atoms with Crippen molar-refractivity contribution in [3.8, 4) is 22.6 Å². The van der Waals surface area contributed by atoms with E-state index in [1.54, 1.807) is 6.07 Å². The van der Waals surface area contributed by atoms with Crippen molar-refractivity contribution in [2.45, 2.75) is 38.8 Å². The van der Waals surface area contributed by atoms with Gasteiger partial charge in [-0.3, -0.25) is 9.69 Å². The van der Waals surface area contributed by atoms with E-state index in [0.29, 0.717) is 35.5 Å². The number of hydrogen-bond donors (Lipinski definition) is 1. The van der Waals surface area contributed by atoms with Crippen molar-refractivity contribution < 1.29 is 18.7 Å². The van der Waals surface area contributed by atoms with E-state index >= 15 is 0 Å². The van der Waals surface area contributed by atoms with E-state index in [1.165, 1.54) is 6.07 Å². The van der Waals surface area contributed by atoms with Crippen LogP contribution in [0.1, 0.15) is 30.4 Å². The second kappa shape index (κ2) is 8.79. The number of hydrogen-bond acceptors (Lipinski definition) is 4. The Hall–Kier alpha value is -3.51. The Kier molecular flexibility index (Phi) is 5.68. The Morgan fingerprint density at radius 3 is 2.70 bits per heavy atom. The molecule has 1 saturated heterocycles. The van der Waals surface area contributed by atoms with Crippen molar-refractivity contribution in [1.82, 2.24) is 9.88 Å². The largest absolute Gasteiger partial charge is 0.480 e. The predicted octanol–water partition coefficient (Wildman–Crippen LogP) is 6.05. The van der Waals surface area contributed by atoms with E-state index in [0.717, 1.165) is 35.1 Å². The van der Waals surface area contributed by atoms with Crippen LogP contribution in [0.5, 0.6) is 0 Å². The van der Waals surface area contributed by atoms with Crippen LogP contribution in [0, 0.1) is 12.7 Å². The number of piperidine rings is 1. The van der Waals surface area contributed by atoms with Crippen LogP contribution in [0.25, 0.3) is 33.7 Å². The lowest BCUT2D eigenvalue weighted by atomic mass is 9.96. The number of carboxylic acid groups (broad SMARTS) is 1. The molecule has 0 aliphatic carbocycles. The van der Waals surface area contributed by atoms with Crippen molar-refractivity contribution >= 4 is 17.1 Å². The van der Waals surface area contributed by atoms with Gasteiger partial charge in [-0.15, -0.1) is 0 Å². The summed E-state index contributed by atoms with van der Waals surface area (Å²) in [6, 6.07) is 18.6. The van der Waals surface area contributed by atoms with Gasteiger partial charge in [-0.1, -0.05) is 48.9 Å². The highest BCUT2D eigenvalue weighted by molar-refractivity contribution is 5.80. The minimum atomic E-state index is -0.853. The number of halogens is 1. The van der Waals surface area contributed by atoms with Gasteiger partial charge in [0.25, 0.3) is 0 Å². The summed E-state index contributed by atoms with van der Waals surface area (Å²) in [7, 11) is 0. The Labute approximate surface area is 191 Å². The van der Waals surface area contributed by atoms with Gasteiger partial charge < -0.3 is 9.52 Å². The van der Waals surface area contributed by atoms with Gasteiger partial charge >= 0.3 is 5.97 Å². The molecule has 0 bridgehead atoms. The molecule has 2 heterocycles. The lowest BCUT2D eigenvalue weighted by Crippen LogP contribution is -2.44. The number of nitrogens with zero attached hydrogens (tertiary/aromatic N) is 2. The molecule has 168 valence electrons. The summed E-state index contributed by atoms with van der Waals surface area (Å²) in [4.78, 5) is 18.1. The number of aromatic nitrogens is 1. The van der Waals surface area contributed by atoms with E-state index in [2.05, 4.69) is 23.2 Å². The zero-order valence-electron chi connectivity index (χ0n) is 18.4. The average Bonchev–Trinajstić information content (AvgIpc) is 3.22. The highest BCUT2D eigenvalue weighted by Crippen LogP contribution is 2.34. The van der Waals surface area contributed by atoms with Crippen molar-refractivity contribution in [1.29, 1.82) is 0 Å². The second-order valence-electron chi connectivity index (χ2n) is 8.59. The first-order chi connectivity index (χ1) is 16.0. The Morgan fingerprint density at radius 2 is 1.91 bits per heavy atom. The number of carbonyl (C=O) groups is 1. The minimum absolute atomic E-state index is 0.240. The maximum atomic E-state index is 14.9. The molecular formula is C27H25FN2O3. The lowest BCUT2D eigenvalue weighted by molar-refractivity contribution is -0.144. The molecule has 1 fully saturated rings. The summed E-state index contributed by atoms with van der Waals surface area (Å²) in [5.74, 6) is -0.818. The monoisotopic (exact) mass is 444 g/mol. The Balaban J connectivity index is 1.49. The van der Waals surface area contributed by atoms with Crippen LogP contribution in [-0.2, 0) is 11.3 Å². The first-order valence-electron chi connectivity index (χ1n) is 11.2. The van der Waals surface area contributed by atoms with Gasteiger partial charge in [-0.2, -0.15) is 0 Å². The predicted molar refractivity (Wildman–Crippen MR) is 125 cm³/mol. The van der Waals surface area contributed by atoms with Crippen LogP contribution in [0.3, 0.4) is 0 Å². The molecule has 0 spiro atoms. The molecule has 1 unspecified atom stereocenters. The molecule has 0 radical (unpaired) electrons.